The van der Waals surface area contributed by atoms with Gasteiger partial charge >= 0.3 is 5.97 Å². The summed E-state index contributed by atoms with van der Waals surface area (Å²) in [6, 6.07) is 5.31. The number of benzene rings is 1. The van der Waals surface area contributed by atoms with Gasteiger partial charge in [0.2, 0.25) is 0 Å². The Balaban J connectivity index is 1.60. The normalized spacial score (nSPS) is 32.0. The lowest BCUT2D eigenvalue weighted by molar-refractivity contribution is -0.0189. The predicted octanol–water partition coefficient (Wildman–Crippen LogP) is 3.85. The highest BCUT2D eigenvalue weighted by Crippen LogP contribution is 2.61. The average molecular weight is 360 g/mol. The first kappa shape index (κ1) is 17.8. The molecule has 0 radical (unpaired) electrons. The van der Waals surface area contributed by atoms with Gasteiger partial charge in [-0.2, -0.15) is 0 Å². The second-order valence-corrected chi connectivity index (χ2v) is 8.38. The third-order valence-corrected chi connectivity index (χ3v) is 6.57. The van der Waals surface area contributed by atoms with E-state index in [0.29, 0.717) is 18.8 Å². The zero-order valence-corrected chi connectivity index (χ0v) is 15.4. The van der Waals surface area contributed by atoms with Gasteiger partial charge in [0, 0.05) is 12.7 Å². The maximum absolute atomic E-state index is 11.5. The summed E-state index contributed by atoms with van der Waals surface area (Å²) in [5.74, 6) is 2.29. The summed E-state index contributed by atoms with van der Waals surface area (Å²) in [6.45, 7) is 1.18. The first-order valence-electron chi connectivity index (χ1n) is 9.67. The van der Waals surface area contributed by atoms with Crippen molar-refractivity contribution in [3.8, 4) is 5.75 Å². The Morgan fingerprint density at radius 2 is 1.77 bits per heavy atom. The standard InChI is InChI=1S/C21H28O5/c1-24-4-5-25-13-26-19-3-2-17(20(22)23)9-18(19)21-10-14-6-15(11-21)8-16(7-14)12-21/h2-3,9,14-16H,4-8,10-13H2,1H3,(H,22,23). The van der Waals surface area contributed by atoms with E-state index in [9.17, 15) is 9.90 Å². The van der Waals surface area contributed by atoms with Crippen LogP contribution in [0.3, 0.4) is 0 Å². The molecule has 4 fully saturated rings. The SMILES string of the molecule is COCCOCOc1ccc(C(=O)O)cc1C12CC3CC(CC(C3)C1)C2. The topological polar surface area (TPSA) is 65.0 Å². The quantitative estimate of drug-likeness (QED) is 0.563. The van der Waals surface area contributed by atoms with Crippen molar-refractivity contribution in [1.29, 1.82) is 0 Å². The van der Waals surface area contributed by atoms with Crippen LogP contribution in [-0.2, 0) is 14.9 Å². The Bertz CT molecular complexity index is 633. The van der Waals surface area contributed by atoms with Crippen molar-refractivity contribution in [2.45, 2.75) is 43.9 Å². The molecule has 1 N–H and O–H groups in total. The van der Waals surface area contributed by atoms with Gasteiger partial charge in [-0.1, -0.05) is 0 Å². The van der Waals surface area contributed by atoms with Crippen LogP contribution in [0.1, 0.15) is 54.4 Å². The van der Waals surface area contributed by atoms with E-state index in [1.54, 1.807) is 13.2 Å². The second kappa shape index (κ2) is 7.20. The van der Waals surface area contributed by atoms with Crippen LogP contribution in [0.15, 0.2) is 18.2 Å². The molecule has 1 aromatic rings. The number of carbonyl (C=O) groups is 1. The van der Waals surface area contributed by atoms with E-state index in [1.807, 2.05) is 12.1 Å². The van der Waals surface area contributed by atoms with Gasteiger partial charge in [-0.15, -0.1) is 0 Å². The van der Waals surface area contributed by atoms with Crippen molar-refractivity contribution in [3.05, 3.63) is 29.3 Å². The monoisotopic (exact) mass is 360 g/mol. The summed E-state index contributed by atoms with van der Waals surface area (Å²) in [5.41, 5.74) is 1.53. The molecule has 4 aliphatic rings. The molecule has 0 aromatic heterocycles. The van der Waals surface area contributed by atoms with Crippen molar-refractivity contribution in [2.24, 2.45) is 17.8 Å². The number of methoxy groups -OCH3 is 1. The van der Waals surface area contributed by atoms with E-state index in [1.165, 1.54) is 38.5 Å². The van der Waals surface area contributed by atoms with E-state index in [4.69, 9.17) is 14.2 Å². The van der Waals surface area contributed by atoms with Crippen molar-refractivity contribution < 1.29 is 24.1 Å². The number of carboxylic acid groups (broad SMARTS) is 1. The molecule has 142 valence electrons. The van der Waals surface area contributed by atoms with Crippen LogP contribution < -0.4 is 4.74 Å². The first-order valence-corrected chi connectivity index (χ1v) is 9.67. The summed E-state index contributed by atoms with van der Waals surface area (Å²) < 4.78 is 16.4. The third-order valence-electron chi connectivity index (χ3n) is 6.57. The molecule has 0 amide bonds. The maximum Gasteiger partial charge on any atom is 0.335 e. The Kier molecular flexibility index (Phi) is 4.93. The van der Waals surface area contributed by atoms with E-state index in [2.05, 4.69) is 0 Å². The minimum atomic E-state index is -0.876. The molecule has 1 aromatic carbocycles. The molecule has 0 spiro atoms. The van der Waals surface area contributed by atoms with E-state index in [0.717, 1.165) is 29.1 Å². The number of hydrogen-bond donors (Lipinski definition) is 1. The number of carboxylic acids is 1. The molecule has 0 saturated heterocycles. The molecule has 0 unspecified atom stereocenters. The molecule has 5 rings (SSSR count). The maximum atomic E-state index is 11.5. The Morgan fingerprint density at radius 3 is 2.35 bits per heavy atom. The number of ether oxygens (including phenoxy) is 3. The van der Waals surface area contributed by atoms with Crippen LogP contribution in [0.2, 0.25) is 0 Å². The molecule has 5 nitrogen and oxygen atoms in total. The molecule has 4 aliphatic carbocycles. The molecule has 4 saturated carbocycles. The van der Waals surface area contributed by atoms with Gasteiger partial charge in [-0.3, -0.25) is 0 Å². The van der Waals surface area contributed by atoms with Crippen molar-refractivity contribution in [3.63, 3.8) is 0 Å². The number of aromatic carboxylic acids is 1. The number of rotatable bonds is 8. The van der Waals surface area contributed by atoms with Crippen LogP contribution >= 0.6 is 0 Å². The lowest BCUT2D eigenvalue weighted by Crippen LogP contribution is -2.48. The Labute approximate surface area is 154 Å². The molecular formula is C21H28O5. The summed E-state index contributed by atoms with van der Waals surface area (Å²) in [5, 5.41) is 9.48. The molecular weight excluding hydrogens is 332 g/mol. The van der Waals surface area contributed by atoms with Crippen molar-refractivity contribution in [1.82, 2.24) is 0 Å². The number of hydrogen-bond acceptors (Lipinski definition) is 4. The van der Waals surface area contributed by atoms with Gasteiger partial charge in [0.15, 0.2) is 6.79 Å². The lowest BCUT2D eigenvalue weighted by atomic mass is 9.48. The van der Waals surface area contributed by atoms with E-state index < -0.39 is 5.97 Å². The molecule has 0 heterocycles. The molecule has 0 aliphatic heterocycles. The highest BCUT2D eigenvalue weighted by molar-refractivity contribution is 5.88. The molecule has 4 bridgehead atoms. The molecule has 5 heteroatoms. The highest BCUT2D eigenvalue weighted by atomic mass is 16.7. The van der Waals surface area contributed by atoms with Gasteiger partial charge in [0.1, 0.15) is 5.75 Å². The van der Waals surface area contributed by atoms with Crippen LogP contribution in [0.5, 0.6) is 5.75 Å². The van der Waals surface area contributed by atoms with Crippen LogP contribution in [-0.4, -0.2) is 38.2 Å². The van der Waals surface area contributed by atoms with Crippen LogP contribution in [0, 0.1) is 17.8 Å². The van der Waals surface area contributed by atoms with E-state index >= 15 is 0 Å². The van der Waals surface area contributed by atoms with Crippen molar-refractivity contribution >= 4 is 5.97 Å². The van der Waals surface area contributed by atoms with Crippen LogP contribution in [0.4, 0.5) is 0 Å². The smallest absolute Gasteiger partial charge is 0.335 e. The predicted molar refractivity (Wildman–Crippen MR) is 96.6 cm³/mol. The fourth-order valence-corrected chi connectivity index (χ4v) is 5.95. The Morgan fingerprint density at radius 1 is 1.12 bits per heavy atom. The fourth-order valence-electron chi connectivity index (χ4n) is 5.95. The highest BCUT2D eigenvalue weighted by Gasteiger charge is 2.52. The van der Waals surface area contributed by atoms with Gasteiger partial charge in [0.25, 0.3) is 0 Å². The second-order valence-electron chi connectivity index (χ2n) is 8.38. The Hall–Kier alpha value is -1.59. The summed E-state index contributed by atoms with van der Waals surface area (Å²) in [7, 11) is 1.64. The average Bonchev–Trinajstić information content (AvgIpc) is 2.60. The minimum Gasteiger partial charge on any atom is -0.478 e. The van der Waals surface area contributed by atoms with Gasteiger partial charge in [-0.25, -0.2) is 4.79 Å². The first-order chi connectivity index (χ1) is 12.6. The van der Waals surface area contributed by atoms with Crippen molar-refractivity contribution in [2.75, 3.05) is 27.1 Å². The minimum absolute atomic E-state index is 0.0854. The largest absolute Gasteiger partial charge is 0.478 e. The third kappa shape index (κ3) is 3.35. The summed E-state index contributed by atoms with van der Waals surface area (Å²) in [6.07, 6.45) is 7.57. The van der Waals surface area contributed by atoms with Gasteiger partial charge < -0.3 is 19.3 Å². The summed E-state index contributed by atoms with van der Waals surface area (Å²) in [4.78, 5) is 11.5. The van der Waals surface area contributed by atoms with E-state index in [-0.39, 0.29) is 12.2 Å². The van der Waals surface area contributed by atoms with Crippen LogP contribution in [0.25, 0.3) is 0 Å². The zero-order chi connectivity index (χ0) is 18.1. The lowest BCUT2D eigenvalue weighted by Gasteiger charge is -2.57. The summed E-state index contributed by atoms with van der Waals surface area (Å²) >= 11 is 0. The van der Waals surface area contributed by atoms with Gasteiger partial charge in [-0.05, 0) is 79.9 Å². The zero-order valence-electron chi connectivity index (χ0n) is 15.4. The molecule has 26 heavy (non-hydrogen) atoms. The molecule has 0 atom stereocenters. The van der Waals surface area contributed by atoms with Gasteiger partial charge in [0.05, 0.1) is 18.8 Å². The fraction of sp³-hybridized carbons (Fsp3) is 0.667.